The molecule has 0 bridgehead atoms. The summed E-state index contributed by atoms with van der Waals surface area (Å²) >= 11 is 1.67. The average molecular weight is 511 g/mol. The highest BCUT2D eigenvalue weighted by Crippen LogP contribution is 2.34. The van der Waals surface area contributed by atoms with Crippen molar-refractivity contribution in [3.05, 3.63) is 35.7 Å². The Balaban J connectivity index is 1.37. The van der Waals surface area contributed by atoms with Crippen molar-refractivity contribution in [3.63, 3.8) is 0 Å². The van der Waals surface area contributed by atoms with Crippen LogP contribution in [-0.2, 0) is 4.74 Å². The van der Waals surface area contributed by atoms with Crippen LogP contribution in [0.25, 0.3) is 10.2 Å². The molecule has 0 atom stereocenters. The molecule has 0 spiro atoms. The summed E-state index contributed by atoms with van der Waals surface area (Å²) in [5.74, 6) is 1.48. The molecular weight excluding hydrogens is 476 g/mol. The summed E-state index contributed by atoms with van der Waals surface area (Å²) in [6.45, 7) is 11.3. The maximum absolute atomic E-state index is 11.9. The maximum atomic E-state index is 11.9. The van der Waals surface area contributed by atoms with Gasteiger partial charge in [-0.2, -0.15) is 4.98 Å². The lowest BCUT2D eigenvalue weighted by Gasteiger charge is -2.40. The number of piperidine rings is 1. The fourth-order valence-corrected chi connectivity index (χ4v) is 5.99. The average Bonchev–Trinajstić information content (AvgIpc) is 3.32. The Hall–Kier alpha value is -2.95. The molecule has 10 heteroatoms. The highest BCUT2D eigenvalue weighted by Gasteiger charge is 2.29. The van der Waals surface area contributed by atoms with Crippen LogP contribution in [0.15, 0.2) is 35.7 Å². The van der Waals surface area contributed by atoms with E-state index in [9.17, 15) is 9.90 Å². The van der Waals surface area contributed by atoms with Gasteiger partial charge in [0.05, 0.1) is 23.4 Å². The highest BCUT2D eigenvalue weighted by molar-refractivity contribution is 7.17. The number of benzene rings is 1. The zero-order valence-corrected chi connectivity index (χ0v) is 21.9. The first-order chi connectivity index (χ1) is 17.3. The summed E-state index contributed by atoms with van der Waals surface area (Å²) in [6.07, 6.45) is 1.23. The molecule has 0 saturated carbocycles. The van der Waals surface area contributed by atoms with E-state index < -0.39 is 11.6 Å². The van der Waals surface area contributed by atoms with E-state index in [0.29, 0.717) is 17.7 Å². The molecule has 2 aliphatic rings. The van der Waals surface area contributed by atoms with Crippen molar-refractivity contribution in [2.75, 3.05) is 54.5 Å². The minimum Gasteiger partial charge on any atom is -0.465 e. The van der Waals surface area contributed by atoms with Gasteiger partial charge >= 0.3 is 6.09 Å². The second-order valence-corrected chi connectivity index (χ2v) is 11.3. The Bertz CT molecular complexity index is 1210. The minimum atomic E-state index is -0.988. The number of ether oxygens (including phenoxy) is 1. The van der Waals surface area contributed by atoms with Crippen LogP contribution in [0.1, 0.15) is 33.6 Å². The third-order valence-electron chi connectivity index (χ3n) is 6.83. The fourth-order valence-electron chi connectivity index (χ4n) is 5.14. The quantitative estimate of drug-likeness (QED) is 0.494. The minimum absolute atomic E-state index is 0.515. The van der Waals surface area contributed by atoms with Gasteiger partial charge in [-0.05, 0) is 63.3 Å². The molecule has 2 fully saturated rings. The van der Waals surface area contributed by atoms with Crippen molar-refractivity contribution in [1.29, 1.82) is 0 Å². The molecule has 3 aromatic rings. The van der Waals surface area contributed by atoms with Crippen molar-refractivity contribution in [2.45, 2.75) is 45.2 Å². The Labute approximate surface area is 215 Å². The van der Waals surface area contributed by atoms with Crippen LogP contribution in [0, 0.1) is 0 Å². The van der Waals surface area contributed by atoms with E-state index >= 15 is 0 Å². The van der Waals surface area contributed by atoms with Gasteiger partial charge in [0.15, 0.2) is 5.82 Å². The summed E-state index contributed by atoms with van der Waals surface area (Å²) < 4.78 is 6.63. The SMILES string of the molecule is CC(C)(C)N(C(=O)O)c1cccc(Nc2nc(N3CCC(N4CCOCC4)CC3)c3sccc3n2)c1. The zero-order chi connectivity index (χ0) is 25.3. The van der Waals surface area contributed by atoms with Crippen molar-refractivity contribution in [3.8, 4) is 0 Å². The number of morpholine rings is 1. The molecule has 192 valence electrons. The summed E-state index contributed by atoms with van der Waals surface area (Å²) in [7, 11) is 0. The summed E-state index contributed by atoms with van der Waals surface area (Å²) in [5, 5.41) is 15.2. The van der Waals surface area contributed by atoms with Gasteiger partial charge in [-0.3, -0.25) is 9.80 Å². The number of rotatable bonds is 5. The Morgan fingerprint density at radius 2 is 1.89 bits per heavy atom. The van der Waals surface area contributed by atoms with E-state index in [4.69, 9.17) is 14.7 Å². The normalized spacial score (nSPS) is 17.9. The lowest BCUT2D eigenvalue weighted by molar-refractivity contribution is 0.0115. The standard InChI is InChI=1S/C26H34N6O3S/c1-26(2,3)32(25(33)34)20-6-4-5-18(17-20)27-24-28-21-9-16-36-22(21)23(29-24)31-10-7-19(8-11-31)30-12-14-35-15-13-30/h4-6,9,16-17,19H,7-8,10-15H2,1-3H3,(H,33,34)(H,27,28,29). The molecule has 2 N–H and O–H groups in total. The number of aromatic nitrogens is 2. The number of hydrogen-bond donors (Lipinski definition) is 2. The van der Waals surface area contributed by atoms with Gasteiger partial charge in [-0.15, -0.1) is 11.3 Å². The molecular formula is C26H34N6O3S. The van der Waals surface area contributed by atoms with Gasteiger partial charge in [-0.25, -0.2) is 9.78 Å². The van der Waals surface area contributed by atoms with Crippen LogP contribution in [-0.4, -0.2) is 77.0 Å². The number of nitrogens with one attached hydrogen (secondary N) is 1. The van der Waals surface area contributed by atoms with Gasteiger partial charge < -0.3 is 20.1 Å². The predicted octanol–water partition coefficient (Wildman–Crippen LogP) is 5.02. The predicted molar refractivity (Wildman–Crippen MR) is 145 cm³/mol. The fraction of sp³-hybridized carbons (Fsp3) is 0.500. The Morgan fingerprint density at radius 3 is 2.58 bits per heavy atom. The third-order valence-corrected chi connectivity index (χ3v) is 7.73. The van der Waals surface area contributed by atoms with E-state index in [0.717, 1.165) is 74.0 Å². The molecule has 0 unspecified atom stereocenters. The smallest absolute Gasteiger partial charge is 0.412 e. The van der Waals surface area contributed by atoms with Gasteiger partial charge in [0.1, 0.15) is 0 Å². The number of anilines is 4. The number of hydrogen-bond acceptors (Lipinski definition) is 8. The number of carboxylic acid groups (broad SMARTS) is 1. The number of nitrogens with zero attached hydrogens (tertiary/aromatic N) is 5. The molecule has 2 aliphatic heterocycles. The van der Waals surface area contributed by atoms with E-state index in [1.807, 2.05) is 45.0 Å². The number of fused-ring (bicyclic) bond motifs is 1. The molecule has 2 aromatic heterocycles. The molecule has 1 amide bonds. The van der Waals surface area contributed by atoms with E-state index in [1.54, 1.807) is 17.4 Å². The van der Waals surface area contributed by atoms with Crippen molar-refractivity contribution >= 4 is 50.8 Å². The second-order valence-electron chi connectivity index (χ2n) is 10.3. The van der Waals surface area contributed by atoms with E-state index in [-0.39, 0.29) is 0 Å². The third kappa shape index (κ3) is 5.25. The maximum Gasteiger partial charge on any atom is 0.412 e. The van der Waals surface area contributed by atoms with Crippen LogP contribution in [0.5, 0.6) is 0 Å². The monoisotopic (exact) mass is 510 g/mol. The molecule has 36 heavy (non-hydrogen) atoms. The molecule has 4 heterocycles. The molecule has 1 aromatic carbocycles. The van der Waals surface area contributed by atoms with Crippen LogP contribution < -0.4 is 15.1 Å². The summed E-state index contributed by atoms with van der Waals surface area (Å²) in [6, 6.07) is 10.0. The summed E-state index contributed by atoms with van der Waals surface area (Å²) in [4.78, 5) is 27.9. The van der Waals surface area contributed by atoms with Gasteiger partial charge in [0, 0.05) is 49.1 Å². The van der Waals surface area contributed by atoms with Crippen molar-refractivity contribution in [2.24, 2.45) is 0 Å². The van der Waals surface area contributed by atoms with Crippen LogP contribution in [0.3, 0.4) is 0 Å². The lowest BCUT2D eigenvalue weighted by atomic mass is 10.0. The van der Waals surface area contributed by atoms with Gasteiger partial charge in [-0.1, -0.05) is 6.07 Å². The van der Waals surface area contributed by atoms with Gasteiger partial charge in [0.2, 0.25) is 5.95 Å². The first-order valence-electron chi connectivity index (χ1n) is 12.5. The van der Waals surface area contributed by atoms with E-state index in [2.05, 4.69) is 20.5 Å². The second kappa shape index (κ2) is 10.2. The van der Waals surface area contributed by atoms with Crippen LogP contribution >= 0.6 is 11.3 Å². The number of thiophene rings is 1. The molecule has 5 rings (SSSR count). The zero-order valence-electron chi connectivity index (χ0n) is 21.1. The number of carbonyl (C=O) groups is 1. The topological polar surface area (TPSA) is 94.1 Å². The Kier molecular flexibility index (Phi) is 7.00. The van der Waals surface area contributed by atoms with Gasteiger partial charge in [0.25, 0.3) is 0 Å². The molecule has 2 saturated heterocycles. The first-order valence-corrected chi connectivity index (χ1v) is 13.4. The largest absolute Gasteiger partial charge is 0.465 e. The molecule has 0 aliphatic carbocycles. The highest BCUT2D eigenvalue weighted by atomic mass is 32.1. The van der Waals surface area contributed by atoms with Crippen molar-refractivity contribution < 1.29 is 14.6 Å². The molecule has 9 nitrogen and oxygen atoms in total. The summed E-state index contributed by atoms with van der Waals surface area (Å²) in [5.41, 5.74) is 1.69. The molecule has 0 radical (unpaired) electrons. The Morgan fingerprint density at radius 1 is 1.14 bits per heavy atom. The van der Waals surface area contributed by atoms with Crippen LogP contribution in [0.4, 0.5) is 27.9 Å². The lowest BCUT2D eigenvalue weighted by Crippen LogP contribution is -2.49. The van der Waals surface area contributed by atoms with Crippen LogP contribution in [0.2, 0.25) is 0 Å². The number of amides is 1. The van der Waals surface area contributed by atoms with E-state index in [1.165, 1.54) is 4.90 Å². The van der Waals surface area contributed by atoms with Crippen molar-refractivity contribution in [1.82, 2.24) is 14.9 Å². The first kappa shape index (κ1) is 24.7.